The van der Waals surface area contributed by atoms with Crippen molar-refractivity contribution in [2.75, 3.05) is 44.4 Å². The van der Waals surface area contributed by atoms with E-state index >= 15 is 0 Å². The number of carbonyl (C=O) groups excluding carboxylic acids is 1. The second-order valence-electron chi connectivity index (χ2n) is 5.39. The summed E-state index contributed by atoms with van der Waals surface area (Å²) in [5.74, 6) is 0.598. The fraction of sp³-hybridized carbons (Fsp3) is 0.533. The van der Waals surface area contributed by atoms with Crippen molar-refractivity contribution in [1.82, 2.24) is 4.90 Å². The van der Waals surface area contributed by atoms with Crippen LogP contribution in [0.5, 0.6) is 0 Å². The van der Waals surface area contributed by atoms with Crippen LogP contribution < -0.4 is 11.1 Å². The van der Waals surface area contributed by atoms with Crippen LogP contribution in [0.15, 0.2) is 24.3 Å². The Labute approximate surface area is 120 Å². The lowest BCUT2D eigenvalue weighted by Gasteiger charge is -2.26. The molecule has 0 bridgehead atoms. The molecule has 1 aromatic rings. The SMILES string of the molecule is CN(CC(=O)Nc1ccccc1N)CC1CCOCC1. The summed E-state index contributed by atoms with van der Waals surface area (Å²) in [6.07, 6.45) is 2.16. The highest BCUT2D eigenvalue weighted by Gasteiger charge is 2.17. The maximum Gasteiger partial charge on any atom is 0.238 e. The molecule has 0 atom stereocenters. The average molecular weight is 277 g/mol. The van der Waals surface area contributed by atoms with Crippen molar-refractivity contribution < 1.29 is 9.53 Å². The van der Waals surface area contributed by atoms with Gasteiger partial charge in [0.1, 0.15) is 0 Å². The molecule has 1 saturated heterocycles. The molecule has 1 aliphatic rings. The van der Waals surface area contributed by atoms with Crippen LogP contribution in [0.2, 0.25) is 0 Å². The number of rotatable bonds is 5. The molecule has 1 fully saturated rings. The zero-order chi connectivity index (χ0) is 14.4. The van der Waals surface area contributed by atoms with Gasteiger partial charge in [-0.3, -0.25) is 9.69 Å². The van der Waals surface area contributed by atoms with Crippen LogP contribution in [-0.4, -0.2) is 44.2 Å². The lowest BCUT2D eigenvalue weighted by Crippen LogP contribution is -2.35. The van der Waals surface area contributed by atoms with Crippen molar-refractivity contribution in [2.24, 2.45) is 5.92 Å². The van der Waals surface area contributed by atoms with Crippen LogP contribution in [0.3, 0.4) is 0 Å². The second kappa shape index (κ2) is 7.26. The van der Waals surface area contributed by atoms with Gasteiger partial charge in [0.05, 0.1) is 17.9 Å². The van der Waals surface area contributed by atoms with Gasteiger partial charge >= 0.3 is 0 Å². The van der Waals surface area contributed by atoms with Crippen LogP contribution in [-0.2, 0) is 9.53 Å². The highest BCUT2D eigenvalue weighted by atomic mass is 16.5. The van der Waals surface area contributed by atoms with E-state index < -0.39 is 0 Å². The quantitative estimate of drug-likeness (QED) is 0.802. The van der Waals surface area contributed by atoms with E-state index in [2.05, 4.69) is 10.2 Å². The first kappa shape index (κ1) is 14.8. The van der Waals surface area contributed by atoms with Gasteiger partial charge in [-0.15, -0.1) is 0 Å². The third-order valence-corrected chi connectivity index (χ3v) is 3.56. The number of ether oxygens (including phenoxy) is 1. The van der Waals surface area contributed by atoms with Gasteiger partial charge in [0, 0.05) is 19.8 Å². The van der Waals surface area contributed by atoms with E-state index in [1.807, 2.05) is 25.2 Å². The van der Waals surface area contributed by atoms with Gasteiger partial charge < -0.3 is 15.8 Å². The molecule has 1 aliphatic heterocycles. The van der Waals surface area contributed by atoms with Gasteiger partial charge in [-0.05, 0) is 37.9 Å². The Balaban J connectivity index is 1.77. The summed E-state index contributed by atoms with van der Waals surface area (Å²) in [6.45, 7) is 2.99. The van der Waals surface area contributed by atoms with Crippen molar-refractivity contribution in [3.8, 4) is 0 Å². The largest absolute Gasteiger partial charge is 0.397 e. The van der Waals surface area contributed by atoms with E-state index in [1.54, 1.807) is 6.07 Å². The number of carbonyl (C=O) groups is 1. The first-order chi connectivity index (χ1) is 9.65. The van der Waals surface area contributed by atoms with Gasteiger partial charge in [-0.25, -0.2) is 0 Å². The minimum Gasteiger partial charge on any atom is -0.397 e. The number of benzene rings is 1. The molecule has 1 heterocycles. The summed E-state index contributed by atoms with van der Waals surface area (Å²) in [4.78, 5) is 14.0. The van der Waals surface area contributed by atoms with Crippen LogP contribution in [0.25, 0.3) is 0 Å². The van der Waals surface area contributed by atoms with Crippen LogP contribution in [0.4, 0.5) is 11.4 Å². The molecule has 1 amide bonds. The molecule has 0 saturated carbocycles. The van der Waals surface area contributed by atoms with Gasteiger partial charge in [0.15, 0.2) is 0 Å². The first-order valence-corrected chi connectivity index (χ1v) is 7.06. The van der Waals surface area contributed by atoms with Crippen LogP contribution >= 0.6 is 0 Å². The lowest BCUT2D eigenvalue weighted by atomic mass is 10.00. The Morgan fingerprint density at radius 1 is 1.40 bits per heavy atom. The molecular formula is C15H23N3O2. The van der Waals surface area contributed by atoms with Crippen molar-refractivity contribution in [2.45, 2.75) is 12.8 Å². The molecule has 0 radical (unpaired) electrons. The topological polar surface area (TPSA) is 67.6 Å². The van der Waals surface area contributed by atoms with Gasteiger partial charge in [0.25, 0.3) is 0 Å². The van der Waals surface area contributed by atoms with E-state index in [-0.39, 0.29) is 5.91 Å². The molecule has 0 unspecified atom stereocenters. The van der Waals surface area contributed by atoms with Gasteiger partial charge in [-0.1, -0.05) is 12.1 Å². The Bertz CT molecular complexity index is 444. The number of likely N-dealkylation sites (N-methyl/N-ethyl adjacent to an activating group) is 1. The number of nitrogens with zero attached hydrogens (tertiary/aromatic N) is 1. The molecule has 0 aromatic heterocycles. The molecule has 3 N–H and O–H groups in total. The molecule has 110 valence electrons. The van der Waals surface area contributed by atoms with E-state index in [0.29, 0.717) is 23.8 Å². The average Bonchev–Trinajstić information content (AvgIpc) is 2.42. The van der Waals surface area contributed by atoms with Crippen LogP contribution in [0.1, 0.15) is 12.8 Å². The number of amides is 1. The molecule has 0 aliphatic carbocycles. The maximum atomic E-state index is 12.0. The highest BCUT2D eigenvalue weighted by Crippen LogP contribution is 2.17. The fourth-order valence-corrected chi connectivity index (χ4v) is 2.48. The highest BCUT2D eigenvalue weighted by molar-refractivity contribution is 5.95. The molecule has 1 aromatic carbocycles. The number of hydrogen-bond acceptors (Lipinski definition) is 4. The zero-order valence-electron chi connectivity index (χ0n) is 12.0. The zero-order valence-corrected chi connectivity index (χ0v) is 12.0. The molecule has 5 nitrogen and oxygen atoms in total. The molecular weight excluding hydrogens is 254 g/mol. The summed E-state index contributed by atoms with van der Waals surface area (Å²) in [6, 6.07) is 7.30. The summed E-state index contributed by atoms with van der Waals surface area (Å²) in [5.41, 5.74) is 7.08. The maximum absolute atomic E-state index is 12.0. The Morgan fingerprint density at radius 2 is 2.10 bits per heavy atom. The molecule has 5 heteroatoms. The Hall–Kier alpha value is -1.59. The second-order valence-corrected chi connectivity index (χ2v) is 5.39. The van der Waals surface area contributed by atoms with Crippen molar-refractivity contribution in [3.05, 3.63) is 24.3 Å². The number of anilines is 2. The van der Waals surface area contributed by atoms with Gasteiger partial charge in [0.2, 0.25) is 5.91 Å². The summed E-state index contributed by atoms with van der Waals surface area (Å²) in [7, 11) is 1.98. The summed E-state index contributed by atoms with van der Waals surface area (Å²) >= 11 is 0. The van der Waals surface area contributed by atoms with Crippen molar-refractivity contribution >= 4 is 17.3 Å². The van der Waals surface area contributed by atoms with E-state index in [1.165, 1.54) is 0 Å². The van der Waals surface area contributed by atoms with E-state index in [9.17, 15) is 4.79 Å². The van der Waals surface area contributed by atoms with Gasteiger partial charge in [-0.2, -0.15) is 0 Å². The van der Waals surface area contributed by atoms with Crippen molar-refractivity contribution in [3.63, 3.8) is 0 Å². The minimum atomic E-state index is -0.0301. The number of nitrogens with two attached hydrogens (primary N) is 1. The minimum absolute atomic E-state index is 0.0301. The molecule has 20 heavy (non-hydrogen) atoms. The predicted molar refractivity (Wildman–Crippen MR) is 80.5 cm³/mol. The third-order valence-electron chi connectivity index (χ3n) is 3.56. The number of hydrogen-bond donors (Lipinski definition) is 2. The molecule has 2 rings (SSSR count). The lowest BCUT2D eigenvalue weighted by molar-refractivity contribution is -0.117. The fourth-order valence-electron chi connectivity index (χ4n) is 2.48. The predicted octanol–water partition coefficient (Wildman–Crippen LogP) is 1.57. The Morgan fingerprint density at radius 3 is 2.80 bits per heavy atom. The van der Waals surface area contributed by atoms with Crippen molar-refractivity contribution in [1.29, 1.82) is 0 Å². The number of para-hydroxylation sites is 2. The normalized spacial score (nSPS) is 16.3. The van der Waals surface area contributed by atoms with E-state index in [0.717, 1.165) is 32.6 Å². The number of nitrogen functional groups attached to an aromatic ring is 1. The van der Waals surface area contributed by atoms with Crippen LogP contribution in [0, 0.1) is 5.92 Å². The number of nitrogens with one attached hydrogen (secondary N) is 1. The van der Waals surface area contributed by atoms with E-state index in [4.69, 9.17) is 10.5 Å². The summed E-state index contributed by atoms with van der Waals surface area (Å²) < 4.78 is 5.34. The molecule has 0 spiro atoms. The monoisotopic (exact) mass is 277 g/mol. The smallest absolute Gasteiger partial charge is 0.238 e. The standard InChI is InChI=1S/C15H23N3O2/c1-18(10-12-6-8-20-9-7-12)11-15(19)17-14-5-3-2-4-13(14)16/h2-5,12H,6-11,16H2,1H3,(H,17,19). The summed E-state index contributed by atoms with van der Waals surface area (Å²) in [5, 5.41) is 2.85. The Kier molecular flexibility index (Phi) is 5.38. The third kappa shape index (κ3) is 4.51. The first-order valence-electron chi connectivity index (χ1n) is 7.06.